The van der Waals surface area contributed by atoms with E-state index in [-0.39, 0.29) is 18.9 Å². The highest BCUT2D eigenvalue weighted by Crippen LogP contribution is 2.39. The molecule has 2 aliphatic rings. The van der Waals surface area contributed by atoms with Crippen molar-refractivity contribution in [1.82, 2.24) is 4.90 Å². The van der Waals surface area contributed by atoms with Crippen molar-refractivity contribution in [3.63, 3.8) is 0 Å². The van der Waals surface area contributed by atoms with Crippen LogP contribution in [0.3, 0.4) is 0 Å². The molecule has 0 aliphatic carbocycles. The normalized spacial score (nSPS) is 26.7. The fourth-order valence-corrected chi connectivity index (χ4v) is 3.68. The highest BCUT2D eigenvalue weighted by Gasteiger charge is 2.53. The van der Waals surface area contributed by atoms with Crippen molar-refractivity contribution in [2.75, 3.05) is 31.2 Å². The van der Waals surface area contributed by atoms with Crippen molar-refractivity contribution in [3.8, 4) is 0 Å². The summed E-state index contributed by atoms with van der Waals surface area (Å²) in [5.74, 6) is -0.810. The highest BCUT2D eigenvalue weighted by atomic mass is 16.5. The van der Waals surface area contributed by atoms with Crippen LogP contribution in [0.4, 0.5) is 10.5 Å². The Morgan fingerprint density at radius 1 is 1.19 bits per heavy atom. The molecule has 2 heterocycles. The zero-order valence-corrected chi connectivity index (χ0v) is 14.3. The quantitative estimate of drug-likeness (QED) is 0.650. The Bertz CT molecular complexity index is 722. The number of carbonyl (C=O) groups excluding carboxylic acids is 3. The van der Waals surface area contributed by atoms with Crippen LogP contribution in [0.2, 0.25) is 0 Å². The average molecular weight is 362 g/mol. The van der Waals surface area contributed by atoms with Crippen molar-refractivity contribution >= 4 is 23.5 Å². The topological polar surface area (TPSA) is 139 Å². The fourth-order valence-electron chi connectivity index (χ4n) is 3.68. The zero-order chi connectivity index (χ0) is 18.9. The third-order valence-electron chi connectivity index (χ3n) is 4.94. The number of aliphatic hydroxyl groups is 1. The van der Waals surface area contributed by atoms with Crippen LogP contribution in [-0.2, 0) is 19.9 Å². The van der Waals surface area contributed by atoms with E-state index >= 15 is 0 Å². The predicted molar refractivity (Wildman–Crippen MR) is 92.0 cm³/mol. The summed E-state index contributed by atoms with van der Waals surface area (Å²) in [5, 5.41) is 9.99. The lowest BCUT2D eigenvalue weighted by Gasteiger charge is -2.35. The summed E-state index contributed by atoms with van der Waals surface area (Å²) in [6, 6.07) is 5.81. The van der Waals surface area contributed by atoms with E-state index in [1.807, 2.05) is 0 Å². The first-order chi connectivity index (χ1) is 12.4. The van der Waals surface area contributed by atoms with Gasteiger partial charge in [0.1, 0.15) is 0 Å². The van der Waals surface area contributed by atoms with Crippen molar-refractivity contribution in [3.05, 3.63) is 29.8 Å². The molecular formula is C17H22N4O5. The monoisotopic (exact) mass is 362 g/mol. The number of carbonyl (C=O) groups is 3. The molecule has 4 amide bonds. The summed E-state index contributed by atoms with van der Waals surface area (Å²) in [5.41, 5.74) is 10.6. The number of nitrogens with zero attached hydrogens (tertiary/aromatic N) is 2. The minimum atomic E-state index is -1.50. The number of likely N-dealkylation sites (tertiary alicyclic amines) is 1. The lowest BCUT2D eigenvalue weighted by atomic mass is 9.85. The molecule has 140 valence electrons. The van der Waals surface area contributed by atoms with Gasteiger partial charge >= 0.3 is 6.03 Å². The second-order valence-electron chi connectivity index (χ2n) is 6.49. The molecule has 0 aromatic heterocycles. The summed E-state index contributed by atoms with van der Waals surface area (Å²) in [6.45, 7) is 1.21. The Hall–Kier alpha value is -2.65. The molecule has 2 aliphatic heterocycles. The minimum absolute atomic E-state index is 0.0267. The molecule has 9 heteroatoms. The van der Waals surface area contributed by atoms with Gasteiger partial charge in [-0.3, -0.25) is 9.59 Å². The Kier molecular flexibility index (Phi) is 4.84. The van der Waals surface area contributed by atoms with Gasteiger partial charge in [0, 0.05) is 25.2 Å². The third kappa shape index (κ3) is 2.99. The van der Waals surface area contributed by atoms with Crippen molar-refractivity contribution in [2.45, 2.75) is 24.5 Å². The molecule has 26 heavy (non-hydrogen) atoms. The van der Waals surface area contributed by atoms with Crippen LogP contribution < -0.4 is 16.4 Å². The summed E-state index contributed by atoms with van der Waals surface area (Å²) >= 11 is 0. The number of aliphatic hydroxyl groups excluding tert-OH is 1. The van der Waals surface area contributed by atoms with Gasteiger partial charge < -0.3 is 31.1 Å². The average Bonchev–Trinajstić information content (AvgIpc) is 2.83. The lowest BCUT2D eigenvalue weighted by Crippen LogP contribution is -2.55. The summed E-state index contributed by atoms with van der Waals surface area (Å²) in [4.78, 5) is 38.9. The van der Waals surface area contributed by atoms with Crippen molar-refractivity contribution in [1.29, 1.82) is 0 Å². The smallest absolute Gasteiger partial charge is 0.316 e. The molecule has 2 saturated heterocycles. The van der Waals surface area contributed by atoms with Crippen LogP contribution in [0.15, 0.2) is 24.3 Å². The number of amides is 4. The molecule has 3 rings (SSSR count). The maximum Gasteiger partial charge on any atom is 0.316 e. The highest BCUT2D eigenvalue weighted by molar-refractivity contribution is 5.94. The first kappa shape index (κ1) is 18.2. The van der Waals surface area contributed by atoms with Gasteiger partial charge in [0.2, 0.25) is 11.8 Å². The molecule has 1 aromatic rings. The molecular weight excluding hydrogens is 340 g/mol. The van der Waals surface area contributed by atoms with Crippen LogP contribution in [0.5, 0.6) is 0 Å². The van der Waals surface area contributed by atoms with Crippen LogP contribution in [0.1, 0.15) is 18.4 Å². The van der Waals surface area contributed by atoms with E-state index in [0.717, 1.165) is 4.90 Å². The second kappa shape index (κ2) is 6.93. The van der Waals surface area contributed by atoms with Crippen molar-refractivity contribution < 1.29 is 24.2 Å². The summed E-state index contributed by atoms with van der Waals surface area (Å²) in [7, 11) is 0. The second-order valence-corrected chi connectivity index (χ2v) is 6.49. The maximum absolute atomic E-state index is 12.2. The number of ether oxygens (including phenoxy) is 1. The molecule has 1 aromatic carbocycles. The van der Waals surface area contributed by atoms with Crippen LogP contribution >= 0.6 is 0 Å². The number of anilines is 1. The van der Waals surface area contributed by atoms with Gasteiger partial charge in [-0.2, -0.15) is 0 Å². The van der Waals surface area contributed by atoms with Crippen LogP contribution in [-0.4, -0.2) is 60.3 Å². The largest absolute Gasteiger partial charge is 0.391 e. The molecule has 2 fully saturated rings. The molecule has 5 N–H and O–H groups in total. The van der Waals surface area contributed by atoms with Crippen LogP contribution in [0, 0.1) is 0 Å². The lowest BCUT2D eigenvalue weighted by molar-refractivity contribution is -0.127. The van der Waals surface area contributed by atoms with Gasteiger partial charge in [0.15, 0.2) is 5.54 Å². The molecule has 0 unspecified atom stereocenters. The third-order valence-corrected chi connectivity index (χ3v) is 4.94. The predicted octanol–water partition coefficient (Wildman–Crippen LogP) is -0.734. The number of β-amino-alcohol motifs (C(OH)–C–C–N with tert-alkyl or cyclic N) is 1. The SMILES string of the molecule is NC(=O)N1C[C@H](O)C[C@]1(C(N)=O)c1ccc(N2CCOCCC2=O)cc1. The van der Waals surface area contributed by atoms with Gasteiger partial charge in [-0.05, 0) is 17.7 Å². The van der Waals surface area contributed by atoms with E-state index in [0.29, 0.717) is 37.4 Å². The Morgan fingerprint density at radius 2 is 1.88 bits per heavy atom. The number of hydrogen-bond acceptors (Lipinski definition) is 5. The standard InChI is InChI=1S/C17H22N4O5/c18-15(24)17(9-13(22)10-21(17)16(19)25)11-1-3-12(4-2-11)20-6-8-26-7-5-14(20)23/h1-4,13,22H,5-10H2,(H2,18,24)(H2,19,25)/t13-,17-/m1/s1. The Balaban J connectivity index is 1.96. The Labute approximate surface area is 150 Å². The van der Waals surface area contributed by atoms with Crippen LogP contribution in [0.25, 0.3) is 0 Å². The number of benzene rings is 1. The molecule has 0 spiro atoms. The first-order valence-electron chi connectivity index (χ1n) is 8.40. The zero-order valence-electron chi connectivity index (χ0n) is 14.3. The van der Waals surface area contributed by atoms with E-state index < -0.39 is 23.6 Å². The maximum atomic E-state index is 12.2. The molecule has 2 atom stereocenters. The number of nitrogens with two attached hydrogens (primary N) is 2. The van der Waals surface area contributed by atoms with Gasteiger partial charge in [-0.1, -0.05) is 12.1 Å². The Morgan fingerprint density at radius 3 is 2.50 bits per heavy atom. The molecule has 9 nitrogen and oxygen atoms in total. The van der Waals surface area contributed by atoms with Gasteiger partial charge in [0.05, 0.1) is 25.7 Å². The molecule has 0 bridgehead atoms. The number of hydrogen-bond donors (Lipinski definition) is 3. The van der Waals surface area contributed by atoms with E-state index in [4.69, 9.17) is 16.2 Å². The molecule has 0 radical (unpaired) electrons. The van der Waals surface area contributed by atoms with Gasteiger partial charge in [-0.15, -0.1) is 0 Å². The number of urea groups is 1. The van der Waals surface area contributed by atoms with Gasteiger partial charge in [0.25, 0.3) is 0 Å². The van der Waals surface area contributed by atoms with E-state index in [2.05, 4.69) is 0 Å². The number of rotatable bonds is 3. The van der Waals surface area contributed by atoms with E-state index in [1.165, 1.54) is 0 Å². The van der Waals surface area contributed by atoms with Gasteiger partial charge in [-0.25, -0.2) is 4.79 Å². The first-order valence-corrected chi connectivity index (χ1v) is 8.40. The number of primary amides is 2. The summed E-state index contributed by atoms with van der Waals surface area (Å²) < 4.78 is 5.31. The van der Waals surface area contributed by atoms with E-state index in [9.17, 15) is 19.5 Å². The minimum Gasteiger partial charge on any atom is -0.391 e. The molecule has 0 saturated carbocycles. The fraction of sp³-hybridized carbons (Fsp3) is 0.471. The van der Waals surface area contributed by atoms with E-state index in [1.54, 1.807) is 29.2 Å². The summed E-state index contributed by atoms with van der Waals surface area (Å²) in [6.07, 6.45) is -0.630. The van der Waals surface area contributed by atoms with Crippen molar-refractivity contribution in [2.24, 2.45) is 11.5 Å².